The molecule has 0 aliphatic carbocycles. The lowest BCUT2D eigenvalue weighted by atomic mass is 10.2. The van der Waals surface area contributed by atoms with Gasteiger partial charge >= 0.3 is 0 Å². The van der Waals surface area contributed by atoms with Crippen LogP contribution in [0.15, 0.2) is 71.4 Å². The number of hydrogen-bond donors (Lipinski definition) is 1. The molecule has 0 spiro atoms. The van der Waals surface area contributed by atoms with Gasteiger partial charge in [0.25, 0.3) is 5.89 Å². The first kappa shape index (κ1) is 18.6. The molecular weight excluding hydrogens is 369 g/mol. The fraction of sp³-hybridized carbons (Fsp3) is 0.136. The lowest BCUT2D eigenvalue weighted by molar-refractivity contribution is 0.432. The van der Waals surface area contributed by atoms with Crippen LogP contribution in [0.4, 0.5) is 15.9 Å². The van der Waals surface area contributed by atoms with Crippen molar-refractivity contribution in [3.05, 3.63) is 78.2 Å². The van der Waals surface area contributed by atoms with Crippen LogP contribution in [0, 0.1) is 5.82 Å². The Morgan fingerprint density at radius 1 is 1.00 bits per heavy atom. The van der Waals surface area contributed by atoms with E-state index in [1.807, 2.05) is 26.2 Å². The lowest BCUT2D eigenvalue weighted by Crippen LogP contribution is -2.08. The topological polar surface area (TPSA) is 67.1 Å². The van der Waals surface area contributed by atoms with E-state index in [4.69, 9.17) is 4.52 Å². The molecule has 1 N–H and O–H groups in total. The van der Waals surface area contributed by atoms with Gasteiger partial charge in [-0.15, -0.1) is 0 Å². The van der Waals surface area contributed by atoms with Gasteiger partial charge in [-0.25, -0.2) is 9.37 Å². The van der Waals surface area contributed by atoms with E-state index in [2.05, 4.69) is 49.6 Å². The second kappa shape index (κ2) is 8.10. The Bertz CT molecular complexity index is 1090. The van der Waals surface area contributed by atoms with E-state index in [1.165, 1.54) is 12.1 Å². The molecule has 0 aliphatic heterocycles. The normalized spacial score (nSPS) is 10.7. The third-order valence-electron chi connectivity index (χ3n) is 4.45. The number of pyridine rings is 1. The number of aromatic nitrogens is 3. The van der Waals surface area contributed by atoms with Crippen LogP contribution < -0.4 is 10.2 Å². The van der Waals surface area contributed by atoms with Crippen molar-refractivity contribution in [2.45, 2.75) is 6.54 Å². The molecule has 2 aromatic heterocycles. The van der Waals surface area contributed by atoms with Gasteiger partial charge in [0.05, 0.1) is 5.56 Å². The first-order valence-electron chi connectivity index (χ1n) is 9.15. The number of halogens is 1. The third kappa shape index (κ3) is 4.40. The predicted molar refractivity (Wildman–Crippen MR) is 111 cm³/mol. The van der Waals surface area contributed by atoms with Crippen LogP contribution in [0.5, 0.6) is 0 Å². The maximum atomic E-state index is 13.4. The largest absolute Gasteiger partial charge is 0.378 e. The minimum Gasteiger partial charge on any atom is -0.378 e. The van der Waals surface area contributed by atoms with Crippen LogP contribution in [-0.4, -0.2) is 29.2 Å². The molecule has 29 heavy (non-hydrogen) atoms. The Labute approximate surface area is 168 Å². The van der Waals surface area contributed by atoms with Gasteiger partial charge in [-0.1, -0.05) is 29.4 Å². The standard InChI is InChI=1S/C22H20FN5O/c1-28(2)19-9-6-15(7-10-19)13-24-20-11-8-17(14-25-20)22-26-21(27-29-22)16-4-3-5-18(23)12-16/h3-12,14H,13H2,1-2H3,(H,24,25). The summed E-state index contributed by atoms with van der Waals surface area (Å²) in [6.45, 7) is 0.671. The summed E-state index contributed by atoms with van der Waals surface area (Å²) >= 11 is 0. The molecule has 0 bridgehead atoms. The summed E-state index contributed by atoms with van der Waals surface area (Å²) in [6.07, 6.45) is 1.67. The summed E-state index contributed by atoms with van der Waals surface area (Å²) in [6, 6.07) is 18.1. The van der Waals surface area contributed by atoms with Crippen molar-refractivity contribution < 1.29 is 8.91 Å². The number of nitrogens with zero attached hydrogens (tertiary/aromatic N) is 4. The average molecular weight is 389 g/mol. The Balaban J connectivity index is 1.41. The molecular formula is C22H20FN5O. The van der Waals surface area contributed by atoms with E-state index in [1.54, 1.807) is 18.3 Å². The lowest BCUT2D eigenvalue weighted by Gasteiger charge is -2.13. The van der Waals surface area contributed by atoms with Crippen LogP contribution in [0.1, 0.15) is 5.56 Å². The molecule has 0 aliphatic rings. The van der Waals surface area contributed by atoms with Crippen LogP contribution >= 0.6 is 0 Å². The van der Waals surface area contributed by atoms with E-state index in [0.717, 1.165) is 17.1 Å². The Morgan fingerprint density at radius 2 is 1.83 bits per heavy atom. The van der Waals surface area contributed by atoms with Gasteiger partial charge in [0, 0.05) is 38.1 Å². The van der Waals surface area contributed by atoms with E-state index in [0.29, 0.717) is 29.4 Å². The molecule has 0 radical (unpaired) electrons. The maximum absolute atomic E-state index is 13.4. The fourth-order valence-corrected chi connectivity index (χ4v) is 2.82. The summed E-state index contributed by atoms with van der Waals surface area (Å²) in [7, 11) is 4.03. The van der Waals surface area contributed by atoms with Gasteiger partial charge in [-0.3, -0.25) is 0 Å². The highest BCUT2D eigenvalue weighted by Crippen LogP contribution is 2.23. The Morgan fingerprint density at radius 3 is 2.52 bits per heavy atom. The second-order valence-electron chi connectivity index (χ2n) is 6.78. The molecule has 0 fully saturated rings. The molecule has 0 unspecified atom stereocenters. The minimum absolute atomic E-state index is 0.336. The van der Waals surface area contributed by atoms with Gasteiger partial charge in [-0.05, 0) is 42.0 Å². The van der Waals surface area contributed by atoms with Crippen LogP contribution in [-0.2, 0) is 6.54 Å². The first-order valence-corrected chi connectivity index (χ1v) is 9.15. The fourth-order valence-electron chi connectivity index (χ4n) is 2.82. The highest BCUT2D eigenvalue weighted by atomic mass is 19.1. The van der Waals surface area contributed by atoms with Gasteiger partial charge in [0.2, 0.25) is 5.82 Å². The molecule has 4 aromatic rings. The van der Waals surface area contributed by atoms with Crippen molar-refractivity contribution in [1.29, 1.82) is 0 Å². The maximum Gasteiger partial charge on any atom is 0.259 e. The van der Waals surface area contributed by atoms with Crippen LogP contribution in [0.3, 0.4) is 0 Å². The predicted octanol–water partition coefficient (Wildman–Crippen LogP) is 4.62. The van der Waals surface area contributed by atoms with E-state index >= 15 is 0 Å². The highest BCUT2D eigenvalue weighted by molar-refractivity contribution is 5.60. The van der Waals surface area contributed by atoms with Crippen molar-refractivity contribution in [2.75, 3.05) is 24.3 Å². The first-order chi connectivity index (χ1) is 14.1. The highest BCUT2D eigenvalue weighted by Gasteiger charge is 2.11. The number of benzene rings is 2. The van der Waals surface area contributed by atoms with Crippen molar-refractivity contribution in [3.8, 4) is 22.8 Å². The van der Waals surface area contributed by atoms with Gasteiger partial charge in [0.15, 0.2) is 0 Å². The zero-order chi connectivity index (χ0) is 20.2. The molecule has 0 amide bonds. The number of anilines is 2. The monoisotopic (exact) mass is 389 g/mol. The van der Waals surface area contributed by atoms with Crippen LogP contribution in [0.2, 0.25) is 0 Å². The van der Waals surface area contributed by atoms with Crippen molar-refractivity contribution in [1.82, 2.24) is 15.1 Å². The molecule has 146 valence electrons. The van der Waals surface area contributed by atoms with Crippen molar-refractivity contribution >= 4 is 11.5 Å². The SMILES string of the molecule is CN(C)c1ccc(CNc2ccc(-c3nc(-c4cccc(F)c4)no3)cn2)cc1. The van der Waals surface area contributed by atoms with Crippen molar-refractivity contribution in [2.24, 2.45) is 0 Å². The second-order valence-corrected chi connectivity index (χ2v) is 6.78. The van der Waals surface area contributed by atoms with Gasteiger partial charge in [0.1, 0.15) is 11.6 Å². The molecule has 2 heterocycles. The number of hydrogen-bond acceptors (Lipinski definition) is 6. The number of nitrogens with one attached hydrogen (secondary N) is 1. The van der Waals surface area contributed by atoms with Crippen molar-refractivity contribution in [3.63, 3.8) is 0 Å². The van der Waals surface area contributed by atoms with Crippen LogP contribution in [0.25, 0.3) is 22.8 Å². The molecule has 0 saturated carbocycles. The molecule has 0 atom stereocenters. The molecule has 6 nitrogen and oxygen atoms in total. The summed E-state index contributed by atoms with van der Waals surface area (Å²) in [5.41, 5.74) is 3.58. The summed E-state index contributed by atoms with van der Waals surface area (Å²) in [4.78, 5) is 10.8. The molecule has 2 aromatic carbocycles. The zero-order valence-corrected chi connectivity index (χ0v) is 16.1. The summed E-state index contributed by atoms with van der Waals surface area (Å²) < 4.78 is 18.7. The average Bonchev–Trinajstić information content (AvgIpc) is 3.23. The summed E-state index contributed by atoms with van der Waals surface area (Å²) in [5.74, 6) is 1.07. The smallest absolute Gasteiger partial charge is 0.259 e. The molecule has 7 heteroatoms. The van der Waals surface area contributed by atoms with E-state index in [-0.39, 0.29) is 5.82 Å². The quantitative estimate of drug-likeness (QED) is 0.519. The van der Waals surface area contributed by atoms with E-state index < -0.39 is 0 Å². The van der Waals surface area contributed by atoms with Gasteiger partial charge in [-0.2, -0.15) is 4.98 Å². The number of rotatable bonds is 6. The summed E-state index contributed by atoms with van der Waals surface area (Å²) in [5, 5.41) is 7.21. The Kier molecular flexibility index (Phi) is 5.20. The minimum atomic E-state index is -0.345. The third-order valence-corrected chi connectivity index (χ3v) is 4.45. The van der Waals surface area contributed by atoms with E-state index in [9.17, 15) is 4.39 Å². The Hall–Kier alpha value is -3.74. The molecule has 0 saturated heterocycles. The van der Waals surface area contributed by atoms with Gasteiger partial charge < -0.3 is 14.7 Å². The molecule has 4 rings (SSSR count). The zero-order valence-electron chi connectivity index (χ0n) is 16.1.